The van der Waals surface area contributed by atoms with Crippen LogP contribution in [0, 0.1) is 5.92 Å². The Morgan fingerprint density at radius 2 is 2.00 bits per heavy atom. The summed E-state index contributed by atoms with van der Waals surface area (Å²) in [6.07, 6.45) is 0.813. The quantitative estimate of drug-likeness (QED) is 0.812. The fourth-order valence-electron chi connectivity index (χ4n) is 3.55. The van der Waals surface area contributed by atoms with Crippen molar-refractivity contribution in [3.63, 3.8) is 0 Å². The Balaban J connectivity index is 1.71. The number of carboxylic acids is 1. The molecule has 7 nitrogen and oxygen atoms in total. The van der Waals surface area contributed by atoms with E-state index in [4.69, 9.17) is 16.3 Å². The number of nitrogens with one attached hydrogen (secondary N) is 1. The van der Waals surface area contributed by atoms with Crippen LogP contribution < -0.4 is 10.2 Å². The Labute approximate surface area is 156 Å². The number of hydrogen-bond acceptors (Lipinski definition) is 4. The van der Waals surface area contributed by atoms with Gasteiger partial charge in [0, 0.05) is 26.2 Å². The number of amides is 2. The van der Waals surface area contributed by atoms with Crippen molar-refractivity contribution < 1.29 is 24.2 Å². The summed E-state index contributed by atoms with van der Waals surface area (Å²) in [6, 6.07) is 7.00. The SMILES string of the molecule is O=C(O)CC1(NC(=O)C2CC(=O)N(c3ccccc3Cl)C2)CCOCC1. The van der Waals surface area contributed by atoms with E-state index in [0.717, 1.165) is 0 Å². The van der Waals surface area contributed by atoms with Crippen molar-refractivity contribution in [2.45, 2.75) is 31.2 Å². The van der Waals surface area contributed by atoms with E-state index in [1.165, 1.54) is 4.90 Å². The van der Waals surface area contributed by atoms with Gasteiger partial charge in [-0.15, -0.1) is 0 Å². The van der Waals surface area contributed by atoms with E-state index >= 15 is 0 Å². The van der Waals surface area contributed by atoms with Crippen LogP contribution in [0.4, 0.5) is 5.69 Å². The first-order chi connectivity index (χ1) is 12.4. The monoisotopic (exact) mass is 380 g/mol. The molecule has 0 radical (unpaired) electrons. The number of carbonyl (C=O) groups excluding carboxylic acids is 2. The number of hydrogen-bond donors (Lipinski definition) is 2. The first-order valence-corrected chi connectivity index (χ1v) is 8.94. The van der Waals surface area contributed by atoms with Gasteiger partial charge in [-0.1, -0.05) is 23.7 Å². The van der Waals surface area contributed by atoms with Gasteiger partial charge in [0.1, 0.15) is 0 Å². The smallest absolute Gasteiger partial charge is 0.305 e. The number of benzene rings is 1. The van der Waals surface area contributed by atoms with Crippen molar-refractivity contribution >= 4 is 35.1 Å². The standard InChI is InChI=1S/C18H21ClN2O5/c19-13-3-1-2-4-14(13)21-11-12(9-15(21)22)17(25)20-18(10-16(23)24)5-7-26-8-6-18/h1-4,12H,5-11H2,(H,20,25)(H,23,24). The van der Waals surface area contributed by atoms with E-state index in [0.29, 0.717) is 36.8 Å². The topological polar surface area (TPSA) is 95.9 Å². The summed E-state index contributed by atoms with van der Waals surface area (Å²) in [6.45, 7) is 1.04. The highest BCUT2D eigenvalue weighted by molar-refractivity contribution is 6.33. The molecule has 3 rings (SSSR count). The molecule has 1 aromatic carbocycles. The Kier molecular flexibility index (Phi) is 5.48. The number of para-hydroxylation sites is 1. The zero-order valence-electron chi connectivity index (χ0n) is 14.2. The molecule has 2 saturated heterocycles. The molecule has 0 bridgehead atoms. The van der Waals surface area contributed by atoms with Crippen LogP contribution in [0.1, 0.15) is 25.7 Å². The van der Waals surface area contributed by atoms with Crippen molar-refractivity contribution in [1.82, 2.24) is 5.32 Å². The van der Waals surface area contributed by atoms with Crippen LogP contribution in [0.5, 0.6) is 0 Å². The molecule has 0 aromatic heterocycles. The van der Waals surface area contributed by atoms with Crippen LogP contribution in [-0.2, 0) is 19.1 Å². The van der Waals surface area contributed by atoms with Gasteiger partial charge in [0.2, 0.25) is 11.8 Å². The molecule has 2 amide bonds. The second-order valence-electron chi connectivity index (χ2n) is 6.81. The maximum atomic E-state index is 12.8. The van der Waals surface area contributed by atoms with Crippen molar-refractivity contribution in [2.24, 2.45) is 5.92 Å². The number of halogens is 1. The van der Waals surface area contributed by atoms with Crippen molar-refractivity contribution in [3.8, 4) is 0 Å². The Bertz CT molecular complexity index is 717. The van der Waals surface area contributed by atoms with Crippen LogP contribution in [0.2, 0.25) is 5.02 Å². The molecular formula is C18H21ClN2O5. The molecule has 140 valence electrons. The lowest BCUT2D eigenvalue weighted by atomic mass is 9.85. The lowest BCUT2D eigenvalue weighted by molar-refractivity contribution is -0.141. The first kappa shape index (κ1) is 18.7. The van der Waals surface area contributed by atoms with Crippen LogP contribution in [0.15, 0.2) is 24.3 Å². The molecule has 2 aliphatic heterocycles. The molecule has 0 aliphatic carbocycles. The lowest BCUT2D eigenvalue weighted by Crippen LogP contribution is -2.54. The summed E-state index contributed by atoms with van der Waals surface area (Å²) in [5, 5.41) is 12.6. The minimum absolute atomic E-state index is 0.0801. The Morgan fingerprint density at radius 3 is 2.65 bits per heavy atom. The van der Waals surface area contributed by atoms with E-state index in [1.54, 1.807) is 24.3 Å². The third-order valence-electron chi connectivity index (χ3n) is 4.97. The van der Waals surface area contributed by atoms with Gasteiger partial charge in [-0.05, 0) is 25.0 Å². The lowest BCUT2D eigenvalue weighted by Gasteiger charge is -2.37. The summed E-state index contributed by atoms with van der Waals surface area (Å²) in [7, 11) is 0. The minimum Gasteiger partial charge on any atom is -0.481 e. The van der Waals surface area contributed by atoms with E-state index in [-0.39, 0.29) is 31.2 Å². The largest absolute Gasteiger partial charge is 0.481 e. The van der Waals surface area contributed by atoms with Crippen molar-refractivity contribution in [1.29, 1.82) is 0 Å². The number of anilines is 1. The maximum absolute atomic E-state index is 12.8. The van der Waals surface area contributed by atoms with Crippen LogP contribution in [0.3, 0.4) is 0 Å². The molecular weight excluding hydrogens is 360 g/mol. The van der Waals surface area contributed by atoms with Crippen LogP contribution >= 0.6 is 11.6 Å². The molecule has 2 aliphatic rings. The first-order valence-electron chi connectivity index (χ1n) is 8.57. The fraction of sp³-hybridized carbons (Fsp3) is 0.500. The number of carboxylic acid groups (broad SMARTS) is 1. The molecule has 26 heavy (non-hydrogen) atoms. The summed E-state index contributed by atoms with van der Waals surface area (Å²) < 4.78 is 5.30. The van der Waals surface area contributed by atoms with Crippen molar-refractivity contribution in [2.75, 3.05) is 24.7 Å². The third-order valence-corrected chi connectivity index (χ3v) is 5.29. The van der Waals surface area contributed by atoms with Gasteiger partial charge in [-0.3, -0.25) is 14.4 Å². The highest BCUT2D eigenvalue weighted by Crippen LogP contribution is 2.32. The highest BCUT2D eigenvalue weighted by atomic mass is 35.5. The molecule has 1 atom stereocenters. The van der Waals surface area contributed by atoms with Crippen LogP contribution in [-0.4, -0.2) is 48.2 Å². The number of ether oxygens (including phenoxy) is 1. The van der Waals surface area contributed by atoms with Gasteiger partial charge in [0.05, 0.1) is 28.6 Å². The van der Waals surface area contributed by atoms with E-state index in [1.807, 2.05) is 0 Å². The fourth-order valence-corrected chi connectivity index (χ4v) is 3.79. The summed E-state index contributed by atoms with van der Waals surface area (Å²) in [4.78, 5) is 37.9. The molecule has 0 saturated carbocycles. The Hall–Kier alpha value is -2.12. The molecule has 2 fully saturated rings. The summed E-state index contributed by atoms with van der Waals surface area (Å²) in [5.74, 6) is -1.96. The third kappa shape index (κ3) is 3.99. The maximum Gasteiger partial charge on any atom is 0.305 e. The number of carbonyl (C=O) groups is 3. The van der Waals surface area contributed by atoms with Crippen molar-refractivity contribution in [3.05, 3.63) is 29.3 Å². The molecule has 8 heteroatoms. The number of aliphatic carboxylic acids is 1. The predicted octanol–water partition coefficient (Wildman–Crippen LogP) is 1.83. The minimum atomic E-state index is -0.965. The molecule has 1 unspecified atom stereocenters. The zero-order chi connectivity index (χ0) is 18.7. The van der Waals surface area contributed by atoms with Gasteiger partial charge in [0.15, 0.2) is 0 Å². The summed E-state index contributed by atoms with van der Waals surface area (Å²) >= 11 is 6.16. The van der Waals surface area contributed by atoms with E-state index < -0.39 is 17.4 Å². The van der Waals surface area contributed by atoms with E-state index in [9.17, 15) is 19.5 Å². The van der Waals surface area contributed by atoms with Gasteiger partial charge in [0.25, 0.3) is 0 Å². The number of nitrogens with zero attached hydrogens (tertiary/aromatic N) is 1. The predicted molar refractivity (Wildman–Crippen MR) is 95.1 cm³/mol. The average molecular weight is 381 g/mol. The molecule has 1 aromatic rings. The van der Waals surface area contributed by atoms with Gasteiger partial charge >= 0.3 is 5.97 Å². The van der Waals surface area contributed by atoms with E-state index in [2.05, 4.69) is 5.32 Å². The second-order valence-corrected chi connectivity index (χ2v) is 7.22. The highest BCUT2D eigenvalue weighted by Gasteiger charge is 2.41. The van der Waals surface area contributed by atoms with Gasteiger partial charge in [-0.2, -0.15) is 0 Å². The second kappa shape index (κ2) is 7.63. The summed E-state index contributed by atoms with van der Waals surface area (Å²) in [5.41, 5.74) is -0.233. The normalized spacial score (nSPS) is 22.3. The van der Waals surface area contributed by atoms with Gasteiger partial charge < -0.3 is 20.1 Å². The van der Waals surface area contributed by atoms with Crippen LogP contribution in [0.25, 0.3) is 0 Å². The number of rotatable bonds is 5. The zero-order valence-corrected chi connectivity index (χ0v) is 15.0. The average Bonchev–Trinajstić information content (AvgIpc) is 2.97. The molecule has 0 spiro atoms. The molecule has 2 heterocycles. The Morgan fingerprint density at radius 1 is 1.31 bits per heavy atom. The molecule has 2 N–H and O–H groups in total. The van der Waals surface area contributed by atoms with Gasteiger partial charge in [-0.25, -0.2) is 0 Å².